The summed E-state index contributed by atoms with van der Waals surface area (Å²) in [6, 6.07) is 20.2. The number of rotatable bonds is 7. The third-order valence-corrected chi connectivity index (χ3v) is 5.06. The lowest BCUT2D eigenvalue weighted by Gasteiger charge is -2.13. The first-order valence-electron chi connectivity index (χ1n) is 9.21. The molecule has 0 unspecified atom stereocenters. The molecule has 0 atom stereocenters. The average molecular weight is 459 g/mol. The van der Waals surface area contributed by atoms with Crippen molar-refractivity contribution in [2.24, 2.45) is 0 Å². The van der Waals surface area contributed by atoms with E-state index in [0.29, 0.717) is 38.7 Å². The molecule has 152 valence electrons. The maximum absolute atomic E-state index is 9.58. The third kappa shape index (κ3) is 5.70. The highest BCUT2D eigenvalue weighted by molar-refractivity contribution is 6.35. The van der Waals surface area contributed by atoms with E-state index in [4.69, 9.17) is 44.3 Å². The van der Waals surface area contributed by atoms with Crippen LogP contribution in [0.25, 0.3) is 11.6 Å². The lowest BCUT2D eigenvalue weighted by atomic mass is 10.0. The summed E-state index contributed by atoms with van der Waals surface area (Å²) in [6.45, 7) is 2.65. The first-order chi connectivity index (χ1) is 14.5. The van der Waals surface area contributed by atoms with Gasteiger partial charge in [0, 0.05) is 20.6 Å². The van der Waals surface area contributed by atoms with E-state index in [-0.39, 0.29) is 6.61 Å². The van der Waals surface area contributed by atoms with Crippen LogP contribution in [-0.4, -0.2) is 6.61 Å². The van der Waals surface area contributed by atoms with Crippen LogP contribution in [0.4, 0.5) is 0 Å². The van der Waals surface area contributed by atoms with Crippen molar-refractivity contribution in [2.75, 3.05) is 6.61 Å². The molecule has 0 aliphatic carbocycles. The first-order valence-corrected chi connectivity index (χ1v) is 10.3. The van der Waals surface area contributed by atoms with Crippen LogP contribution < -0.4 is 9.47 Å². The van der Waals surface area contributed by atoms with Gasteiger partial charge in [-0.25, -0.2) is 0 Å². The van der Waals surface area contributed by atoms with Crippen LogP contribution in [0.5, 0.6) is 11.5 Å². The second-order valence-electron chi connectivity index (χ2n) is 6.34. The molecule has 0 bridgehead atoms. The number of benzene rings is 3. The molecule has 3 nitrogen and oxygen atoms in total. The van der Waals surface area contributed by atoms with Crippen molar-refractivity contribution in [2.45, 2.75) is 13.5 Å². The van der Waals surface area contributed by atoms with Gasteiger partial charge in [0.15, 0.2) is 11.5 Å². The molecule has 3 aromatic rings. The molecule has 0 N–H and O–H groups in total. The molecule has 0 aromatic heterocycles. The Balaban J connectivity index is 1.86. The zero-order valence-electron chi connectivity index (χ0n) is 16.2. The van der Waals surface area contributed by atoms with Crippen molar-refractivity contribution in [1.82, 2.24) is 0 Å². The molecular weight excluding hydrogens is 441 g/mol. The number of allylic oxidation sites excluding steroid dienone is 1. The van der Waals surface area contributed by atoms with E-state index < -0.39 is 0 Å². The quantitative estimate of drug-likeness (QED) is 0.269. The van der Waals surface area contributed by atoms with E-state index in [1.165, 1.54) is 0 Å². The lowest BCUT2D eigenvalue weighted by Crippen LogP contribution is -2.00. The van der Waals surface area contributed by atoms with Gasteiger partial charge in [-0.15, -0.1) is 0 Å². The molecule has 0 fully saturated rings. The summed E-state index contributed by atoms with van der Waals surface area (Å²) in [5.74, 6) is 1.17. The number of nitrogens with zero attached hydrogens (tertiary/aromatic N) is 1. The van der Waals surface area contributed by atoms with Crippen molar-refractivity contribution < 1.29 is 9.47 Å². The Morgan fingerprint density at radius 3 is 2.43 bits per heavy atom. The summed E-state index contributed by atoms with van der Waals surface area (Å²) in [5.41, 5.74) is 2.88. The van der Waals surface area contributed by atoms with Crippen LogP contribution in [0.15, 0.2) is 60.7 Å². The summed E-state index contributed by atoms with van der Waals surface area (Å²) in [7, 11) is 0. The smallest absolute Gasteiger partial charge is 0.161 e. The van der Waals surface area contributed by atoms with Gasteiger partial charge in [0.2, 0.25) is 0 Å². The molecule has 0 aliphatic rings. The molecule has 3 aromatic carbocycles. The minimum Gasteiger partial charge on any atom is -0.490 e. The van der Waals surface area contributed by atoms with Gasteiger partial charge in [0.05, 0.1) is 18.2 Å². The molecule has 0 aliphatic heterocycles. The summed E-state index contributed by atoms with van der Waals surface area (Å²) < 4.78 is 11.7. The van der Waals surface area contributed by atoms with Crippen molar-refractivity contribution >= 4 is 46.5 Å². The predicted molar refractivity (Wildman–Crippen MR) is 123 cm³/mol. The zero-order valence-corrected chi connectivity index (χ0v) is 18.4. The van der Waals surface area contributed by atoms with Gasteiger partial charge in [0.1, 0.15) is 6.61 Å². The summed E-state index contributed by atoms with van der Waals surface area (Å²) in [6.07, 6.45) is 1.79. The van der Waals surface area contributed by atoms with Crippen LogP contribution in [0, 0.1) is 11.3 Å². The minimum absolute atomic E-state index is 0.275. The van der Waals surface area contributed by atoms with Gasteiger partial charge in [-0.05, 0) is 60.5 Å². The van der Waals surface area contributed by atoms with E-state index in [2.05, 4.69) is 6.07 Å². The second kappa shape index (κ2) is 10.4. The maximum Gasteiger partial charge on any atom is 0.161 e. The van der Waals surface area contributed by atoms with Crippen LogP contribution in [0.2, 0.25) is 15.1 Å². The van der Waals surface area contributed by atoms with Crippen LogP contribution in [0.1, 0.15) is 23.6 Å². The largest absolute Gasteiger partial charge is 0.490 e. The Bertz CT molecular complexity index is 1120. The van der Waals surface area contributed by atoms with Crippen LogP contribution >= 0.6 is 34.8 Å². The highest BCUT2D eigenvalue weighted by atomic mass is 35.5. The van der Waals surface area contributed by atoms with Crippen molar-refractivity contribution in [3.63, 3.8) is 0 Å². The fourth-order valence-electron chi connectivity index (χ4n) is 2.80. The predicted octanol–water partition coefficient (Wildman–Crippen LogP) is 7.69. The van der Waals surface area contributed by atoms with Gasteiger partial charge in [-0.2, -0.15) is 5.26 Å². The van der Waals surface area contributed by atoms with E-state index in [9.17, 15) is 5.26 Å². The molecule has 0 saturated carbocycles. The Morgan fingerprint density at radius 2 is 1.73 bits per heavy atom. The summed E-state index contributed by atoms with van der Waals surface area (Å²) in [4.78, 5) is 0. The Hall–Kier alpha value is -2.64. The fourth-order valence-corrected chi connectivity index (χ4v) is 3.45. The van der Waals surface area contributed by atoms with Gasteiger partial charge < -0.3 is 9.47 Å². The Morgan fingerprint density at radius 1 is 0.933 bits per heavy atom. The number of nitriles is 1. The summed E-state index contributed by atoms with van der Waals surface area (Å²) in [5, 5.41) is 11.3. The number of hydrogen-bond donors (Lipinski definition) is 0. The molecule has 6 heteroatoms. The van der Waals surface area contributed by atoms with E-state index in [0.717, 1.165) is 16.7 Å². The molecule has 0 spiro atoms. The van der Waals surface area contributed by atoms with Gasteiger partial charge >= 0.3 is 0 Å². The normalized spacial score (nSPS) is 11.1. The van der Waals surface area contributed by atoms with Crippen molar-refractivity contribution in [1.29, 1.82) is 5.26 Å². The molecule has 0 saturated heterocycles. The molecule has 3 rings (SSSR count). The van der Waals surface area contributed by atoms with E-state index in [1.54, 1.807) is 30.3 Å². The van der Waals surface area contributed by atoms with Gasteiger partial charge in [-0.3, -0.25) is 0 Å². The lowest BCUT2D eigenvalue weighted by molar-refractivity contribution is 0.269. The zero-order chi connectivity index (χ0) is 21.5. The molecule has 0 heterocycles. The molecule has 30 heavy (non-hydrogen) atoms. The molecule has 0 amide bonds. The minimum atomic E-state index is 0.275. The standard InChI is InChI=1S/C24H18Cl3NO2/c1-2-29-24-11-16(10-19(14-28)17-4-3-5-20(25)12-17)6-9-23(24)30-15-18-7-8-21(26)13-22(18)27/h3-13H,2,15H2,1H3/b19-10-. The van der Waals surface area contributed by atoms with Crippen LogP contribution in [-0.2, 0) is 6.61 Å². The molecular formula is C24H18Cl3NO2. The SMILES string of the molecule is CCOc1cc(/C=C(/C#N)c2cccc(Cl)c2)ccc1OCc1ccc(Cl)cc1Cl. The van der Waals surface area contributed by atoms with Crippen molar-refractivity contribution in [3.8, 4) is 17.6 Å². The van der Waals surface area contributed by atoms with E-state index in [1.807, 2.05) is 43.3 Å². The third-order valence-electron chi connectivity index (χ3n) is 4.23. The summed E-state index contributed by atoms with van der Waals surface area (Å²) >= 11 is 18.2. The van der Waals surface area contributed by atoms with Gasteiger partial charge in [-0.1, -0.05) is 59.1 Å². The second-order valence-corrected chi connectivity index (χ2v) is 7.62. The number of ether oxygens (including phenoxy) is 2. The topological polar surface area (TPSA) is 42.2 Å². The first kappa shape index (κ1) is 22.1. The van der Waals surface area contributed by atoms with Crippen LogP contribution in [0.3, 0.4) is 0 Å². The maximum atomic E-state index is 9.58. The Kier molecular flexibility index (Phi) is 7.65. The average Bonchev–Trinajstić information content (AvgIpc) is 2.72. The molecule has 0 radical (unpaired) electrons. The van der Waals surface area contributed by atoms with Gasteiger partial charge in [0.25, 0.3) is 0 Å². The highest BCUT2D eigenvalue weighted by Gasteiger charge is 2.10. The van der Waals surface area contributed by atoms with E-state index >= 15 is 0 Å². The Labute approximate surface area is 191 Å². The number of halogens is 3. The van der Waals surface area contributed by atoms with Crippen molar-refractivity contribution in [3.05, 3.63) is 92.4 Å². The monoisotopic (exact) mass is 457 g/mol. The highest BCUT2D eigenvalue weighted by Crippen LogP contribution is 2.32. The number of hydrogen-bond acceptors (Lipinski definition) is 3. The fraction of sp³-hybridized carbons (Fsp3) is 0.125.